The Balaban J connectivity index is 1.65. The van der Waals surface area contributed by atoms with Crippen molar-refractivity contribution in [1.29, 1.82) is 0 Å². The van der Waals surface area contributed by atoms with Gasteiger partial charge in [-0.05, 0) is 19.1 Å². The Bertz CT molecular complexity index is 900. The van der Waals surface area contributed by atoms with Gasteiger partial charge in [0, 0.05) is 58.6 Å². The maximum Gasteiger partial charge on any atom is 0.330 e. The van der Waals surface area contributed by atoms with Crippen LogP contribution in [0.3, 0.4) is 0 Å². The minimum absolute atomic E-state index is 0.103. The Labute approximate surface area is 144 Å². The number of carbonyl (C=O) groups is 1. The Morgan fingerprint density at radius 1 is 1.08 bits per heavy atom. The van der Waals surface area contributed by atoms with E-state index in [2.05, 4.69) is 4.90 Å². The zero-order valence-electron chi connectivity index (χ0n) is 14.7. The van der Waals surface area contributed by atoms with Crippen LogP contribution in [0.5, 0.6) is 0 Å². The highest BCUT2D eigenvalue weighted by Gasteiger charge is 2.24. The SMILES string of the molecule is Cc1ccc(C(=O)N2CCN(Cc3cc(=O)n(C)c(=O)n3C)CC2)o1. The van der Waals surface area contributed by atoms with E-state index in [0.717, 1.165) is 4.57 Å². The second-order valence-corrected chi connectivity index (χ2v) is 6.35. The molecule has 0 atom stereocenters. The van der Waals surface area contributed by atoms with Gasteiger partial charge in [0.25, 0.3) is 11.5 Å². The van der Waals surface area contributed by atoms with Crippen molar-refractivity contribution in [3.8, 4) is 0 Å². The lowest BCUT2D eigenvalue weighted by molar-refractivity contribution is 0.0593. The van der Waals surface area contributed by atoms with Crippen LogP contribution in [0, 0.1) is 6.92 Å². The Morgan fingerprint density at radius 2 is 1.76 bits per heavy atom. The summed E-state index contributed by atoms with van der Waals surface area (Å²) in [6.45, 7) is 4.82. The van der Waals surface area contributed by atoms with Crippen molar-refractivity contribution >= 4 is 5.91 Å². The molecule has 0 radical (unpaired) electrons. The van der Waals surface area contributed by atoms with E-state index in [0.29, 0.717) is 49.9 Å². The van der Waals surface area contributed by atoms with E-state index in [1.807, 2.05) is 6.92 Å². The molecule has 2 aromatic heterocycles. The number of carbonyl (C=O) groups excluding carboxylic acids is 1. The van der Waals surface area contributed by atoms with E-state index in [9.17, 15) is 14.4 Å². The van der Waals surface area contributed by atoms with E-state index in [4.69, 9.17) is 4.42 Å². The molecule has 0 spiro atoms. The number of hydrogen-bond acceptors (Lipinski definition) is 5. The maximum absolute atomic E-state index is 12.4. The average molecular weight is 346 g/mol. The Morgan fingerprint density at radius 3 is 2.36 bits per heavy atom. The molecular weight excluding hydrogens is 324 g/mol. The first-order valence-corrected chi connectivity index (χ1v) is 8.21. The van der Waals surface area contributed by atoms with Crippen molar-refractivity contribution in [2.45, 2.75) is 13.5 Å². The van der Waals surface area contributed by atoms with Crippen molar-refractivity contribution in [1.82, 2.24) is 18.9 Å². The molecule has 0 N–H and O–H groups in total. The molecule has 0 aliphatic carbocycles. The molecule has 1 amide bonds. The van der Waals surface area contributed by atoms with Crippen molar-refractivity contribution in [2.24, 2.45) is 14.1 Å². The monoisotopic (exact) mass is 346 g/mol. The molecule has 8 heteroatoms. The molecule has 0 saturated carbocycles. The van der Waals surface area contributed by atoms with Crippen LogP contribution in [0.15, 0.2) is 32.2 Å². The van der Waals surface area contributed by atoms with E-state index in [1.54, 1.807) is 24.1 Å². The number of nitrogens with zero attached hydrogens (tertiary/aromatic N) is 4. The van der Waals surface area contributed by atoms with Crippen molar-refractivity contribution in [3.63, 3.8) is 0 Å². The van der Waals surface area contributed by atoms with E-state index >= 15 is 0 Å². The molecule has 2 aromatic rings. The Kier molecular flexibility index (Phi) is 4.63. The third-order valence-electron chi connectivity index (χ3n) is 4.62. The zero-order valence-corrected chi connectivity index (χ0v) is 14.7. The molecule has 1 fully saturated rings. The summed E-state index contributed by atoms with van der Waals surface area (Å²) in [6, 6.07) is 4.96. The Hall–Kier alpha value is -2.61. The van der Waals surface area contributed by atoms with Gasteiger partial charge >= 0.3 is 5.69 Å². The standard InChI is InChI=1S/C17H22N4O4/c1-12-4-5-14(25-12)16(23)21-8-6-20(7-9-21)11-13-10-15(22)19(3)17(24)18(13)2/h4-5,10H,6-9,11H2,1-3H3. The fourth-order valence-electron chi connectivity index (χ4n) is 2.97. The van der Waals surface area contributed by atoms with Gasteiger partial charge in [-0.1, -0.05) is 0 Å². The number of aromatic nitrogens is 2. The summed E-state index contributed by atoms with van der Waals surface area (Å²) in [5.74, 6) is 0.974. The molecule has 1 aliphatic heterocycles. The van der Waals surface area contributed by atoms with Crippen LogP contribution >= 0.6 is 0 Å². The average Bonchev–Trinajstić information content (AvgIpc) is 3.04. The summed E-state index contributed by atoms with van der Waals surface area (Å²) in [5, 5.41) is 0. The summed E-state index contributed by atoms with van der Waals surface area (Å²) in [7, 11) is 3.13. The van der Waals surface area contributed by atoms with E-state index < -0.39 is 0 Å². The molecule has 3 rings (SSSR count). The van der Waals surface area contributed by atoms with Gasteiger partial charge < -0.3 is 9.32 Å². The van der Waals surface area contributed by atoms with Crippen LogP contribution in [0.2, 0.25) is 0 Å². The van der Waals surface area contributed by atoms with Gasteiger partial charge in [0.15, 0.2) is 5.76 Å². The normalized spacial score (nSPS) is 15.6. The number of piperazine rings is 1. The first-order chi connectivity index (χ1) is 11.9. The summed E-state index contributed by atoms with van der Waals surface area (Å²) in [5.41, 5.74) is 0.0409. The van der Waals surface area contributed by atoms with Gasteiger partial charge in [-0.3, -0.25) is 23.6 Å². The molecular formula is C17H22N4O4. The van der Waals surface area contributed by atoms with Crippen LogP contribution in [-0.4, -0.2) is 51.0 Å². The fourth-order valence-corrected chi connectivity index (χ4v) is 2.97. The minimum atomic E-state index is -0.329. The highest BCUT2D eigenvalue weighted by Crippen LogP contribution is 2.13. The highest BCUT2D eigenvalue weighted by atomic mass is 16.3. The van der Waals surface area contributed by atoms with Gasteiger partial charge in [0.2, 0.25) is 0 Å². The third kappa shape index (κ3) is 3.43. The second-order valence-electron chi connectivity index (χ2n) is 6.35. The van der Waals surface area contributed by atoms with Gasteiger partial charge in [0.05, 0.1) is 0 Å². The molecule has 134 valence electrons. The predicted molar refractivity (Wildman–Crippen MR) is 91.5 cm³/mol. The van der Waals surface area contributed by atoms with Crippen molar-refractivity contribution in [2.75, 3.05) is 26.2 Å². The predicted octanol–water partition coefficient (Wildman–Crippen LogP) is -0.0566. The molecule has 8 nitrogen and oxygen atoms in total. The van der Waals surface area contributed by atoms with Crippen LogP contribution in [0.4, 0.5) is 0 Å². The summed E-state index contributed by atoms with van der Waals surface area (Å²) >= 11 is 0. The highest BCUT2D eigenvalue weighted by molar-refractivity contribution is 5.91. The van der Waals surface area contributed by atoms with Gasteiger partial charge in [0.1, 0.15) is 5.76 Å². The summed E-state index contributed by atoms with van der Waals surface area (Å²) < 4.78 is 7.97. The third-order valence-corrected chi connectivity index (χ3v) is 4.62. The molecule has 25 heavy (non-hydrogen) atoms. The maximum atomic E-state index is 12.4. The number of hydrogen-bond donors (Lipinski definition) is 0. The largest absolute Gasteiger partial charge is 0.456 e. The number of rotatable bonds is 3. The quantitative estimate of drug-likeness (QED) is 0.778. The molecule has 0 unspecified atom stereocenters. The smallest absolute Gasteiger partial charge is 0.330 e. The van der Waals surface area contributed by atoms with Gasteiger partial charge in [-0.2, -0.15) is 0 Å². The van der Waals surface area contributed by atoms with Crippen LogP contribution in [0.25, 0.3) is 0 Å². The van der Waals surface area contributed by atoms with Gasteiger partial charge in [-0.15, -0.1) is 0 Å². The molecule has 3 heterocycles. The molecule has 1 saturated heterocycles. The number of amides is 1. The minimum Gasteiger partial charge on any atom is -0.456 e. The van der Waals surface area contributed by atoms with Crippen molar-refractivity contribution < 1.29 is 9.21 Å². The lowest BCUT2D eigenvalue weighted by Gasteiger charge is -2.34. The number of furan rings is 1. The lowest BCUT2D eigenvalue weighted by atomic mass is 10.2. The van der Waals surface area contributed by atoms with E-state index in [1.165, 1.54) is 17.7 Å². The summed E-state index contributed by atoms with van der Waals surface area (Å²) in [6.07, 6.45) is 0. The van der Waals surface area contributed by atoms with Crippen LogP contribution in [0.1, 0.15) is 22.0 Å². The first kappa shape index (κ1) is 17.2. The summed E-state index contributed by atoms with van der Waals surface area (Å²) in [4.78, 5) is 40.1. The molecule has 0 bridgehead atoms. The fraction of sp³-hybridized carbons (Fsp3) is 0.471. The molecule has 1 aliphatic rings. The second kappa shape index (κ2) is 6.72. The topological polar surface area (TPSA) is 80.7 Å². The number of aryl methyl sites for hydroxylation is 1. The molecule has 0 aromatic carbocycles. The van der Waals surface area contributed by atoms with Gasteiger partial charge in [-0.25, -0.2) is 4.79 Å². The van der Waals surface area contributed by atoms with Crippen molar-refractivity contribution in [3.05, 3.63) is 56.3 Å². The first-order valence-electron chi connectivity index (χ1n) is 8.21. The van der Waals surface area contributed by atoms with Crippen LogP contribution in [-0.2, 0) is 20.6 Å². The van der Waals surface area contributed by atoms with Crippen LogP contribution < -0.4 is 11.2 Å². The zero-order chi connectivity index (χ0) is 18.1. The van der Waals surface area contributed by atoms with E-state index in [-0.39, 0.29) is 17.2 Å². The lowest BCUT2D eigenvalue weighted by Crippen LogP contribution is -2.49.